The number of piperidine rings is 3. The molecule has 2 unspecified atom stereocenters. The molecule has 26 heavy (non-hydrogen) atoms. The quantitative estimate of drug-likeness (QED) is 0.874. The summed E-state index contributed by atoms with van der Waals surface area (Å²) in [6.07, 6.45) is 3.49. The molecule has 0 amide bonds. The van der Waals surface area contributed by atoms with Crippen molar-refractivity contribution in [3.63, 3.8) is 0 Å². The standard InChI is InChI=1S/C19H22ClN5O/c20-15-3-1-2-13(8-15)16-9-17(23-12-22-16)25-11-19(26-18(25)21)10-24-6-4-14(19)5-7-24/h1-3,8-9,12,14,18H,4-7,10-11,21H2. The Hall–Kier alpha value is -1.73. The van der Waals surface area contributed by atoms with Gasteiger partial charge in [-0.2, -0.15) is 0 Å². The first-order valence-electron chi connectivity index (χ1n) is 9.13. The van der Waals surface area contributed by atoms with Crippen molar-refractivity contribution in [2.24, 2.45) is 11.7 Å². The van der Waals surface area contributed by atoms with Crippen LogP contribution in [0.4, 0.5) is 5.82 Å². The van der Waals surface area contributed by atoms with E-state index in [2.05, 4.69) is 19.8 Å². The van der Waals surface area contributed by atoms with Crippen LogP contribution < -0.4 is 10.6 Å². The van der Waals surface area contributed by atoms with E-state index in [9.17, 15) is 0 Å². The van der Waals surface area contributed by atoms with Crippen molar-refractivity contribution < 1.29 is 4.74 Å². The van der Waals surface area contributed by atoms with E-state index in [1.54, 1.807) is 6.33 Å². The molecule has 6 rings (SSSR count). The van der Waals surface area contributed by atoms with E-state index in [4.69, 9.17) is 22.1 Å². The maximum atomic E-state index is 6.36. The molecular weight excluding hydrogens is 350 g/mol. The molecule has 0 saturated carbocycles. The monoisotopic (exact) mass is 371 g/mol. The highest BCUT2D eigenvalue weighted by Gasteiger charge is 2.54. The fourth-order valence-corrected chi connectivity index (χ4v) is 4.87. The van der Waals surface area contributed by atoms with E-state index < -0.39 is 6.35 Å². The molecule has 6 nitrogen and oxygen atoms in total. The van der Waals surface area contributed by atoms with Gasteiger partial charge in [0.2, 0.25) is 0 Å². The van der Waals surface area contributed by atoms with Crippen LogP contribution in [0.2, 0.25) is 5.02 Å². The summed E-state index contributed by atoms with van der Waals surface area (Å²) in [5.41, 5.74) is 7.99. The second kappa shape index (κ2) is 6.16. The van der Waals surface area contributed by atoms with E-state index >= 15 is 0 Å². The Bertz CT molecular complexity index is 825. The topological polar surface area (TPSA) is 67.5 Å². The third kappa shape index (κ3) is 2.68. The first-order valence-corrected chi connectivity index (χ1v) is 9.51. The van der Waals surface area contributed by atoms with Gasteiger partial charge in [-0.1, -0.05) is 23.7 Å². The third-order valence-corrected chi connectivity index (χ3v) is 6.23. The molecule has 1 spiro atoms. The second-order valence-electron chi connectivity index (χ2n) is 7.52. The highest BCUT2D eigenvalue weighted by molar-refractivity contribution is 6.30. The minimum atomic E-state index is -0.474. The maximum absolute atomic E-state index is 6.36. The highest BCUT2D eigenvalue weighted by Crippen LogP contribution is 2.43. The molecule has 4 aliphatic heterocycles. The fraction of sp³-hybridized carbons (Fsp3) is 0.474. The van der Waals surface area contributed by atoms with Crippen molar-refractivity contribution in [2.75, 3.05) is 31.1 Å². The molecule has 4 aliphatic rings. The SMILES string of the molecule is NC1OC2(CN3CCC2CC3)CN1c1cc(-c2cccc(Cl)c2)ncn1. The van der Waals surface area contributed by atoms with Crippen molar-refractivity contribution in [1.82, 2.24) is 14.9 Å². The zero-order valence-corrected chi connectivity index (χ0v) is 15.3. The van der Waals surface area contributed by atoms with Gasteiger partial charge in [0.1, 0.15) is 17.7 Å². The van der Waals surface area contributed by atoms with Crippen LogP contribution in [0.5, 0.6) is 0 Å². The first-order chi connectivity index (χ1) is 12.6. The van der Waals surface area contributed by atoms with Gasteiger partial charge in [-0.15, -0.1) is 0 Å². The third-order valence-electron chi connectivity index (χ3n) is 5.99. The maximum Gasteiger partial charge on any atom is 0.186 e. The van der Waals surface area contributed by atoms with Gasteiger partial charge in [-0.25, -0.2) is 9.97 Å². The van der Waals surface area contributed by atoms with Gasteiger partial charge in [-0.3, -0.25) is 5.73 Å². The summed E-state index contributed by atoms with van der Waals surface area (Å²) in [6.45, 7) is 4.10. The molecule has 5 heterocycles. The van der Waals surface area contributed by atoms with Crippen LogP contribution in [-0.2, 0) is 4.74 Å². The summed E-state index contributed by atoms with van der Waals surface area (Å²) in [6, 6.07) is 9.65. The lowest BCUT2D eigenvalue weighted by Crippen LogP contribution is -2.61. The van der Waals surface area contributed by atoms with Crippen LogP contribution in [0.1, 0.15) is 12.8 Å². The van der Waals surface area contributed by atoms with E-state index in [1.165, 1.54) is 25.9 Å². The van der Waals surface area contributed by atoms with Crippen molar-refractivity contribution in [3.8, 4) is 11.3 Å². The summed E-state index contributed by atoms with van der Waals surface area (Å²) in [7, 11) is 0. The van der Waals surface area contributed by atoms with Crippen molar-refractivity contribution >= 4 is 17.4 Å². The Kier molecular flexibility index (Phi) is 3.90. The largest absolute Gasteiger partial charge is 0.335 e. The molecule has 4 fully saturated rings. The lowest BCUT2D eigenvalue weighted by Gasteiger charge is -2.50. The number of benzene rings is 1. The van der Waals surface area contributed by atoms with Crippen molar-refractivity contribution in [3.05, 3.63) is 41.7 Å². The van der Waals surface area contributed by atoms with Gasteiger partial charge in [0, 0.05) is 23.2 Å². The number of anilines is 1. The molecule has 2 bridgehead atoms. The van der Waals surface area contributed by atoms with E-state index in [-0.39, 0.29) is 5.60 Å². The summed E-state index contributed by atoms with van der Waals surface area (Å²) < 4.78 is 6.34. The molecule has 0 radical (unpaired) electrons. The van der Waals surface area contributed by atoms with Crippen LogP contribution in [-0.4, -0.2) is 53.0 Å². The number of nitrogens with zero attached hydrogens (tertiary/aromatic N) is 4. The molecule has 0 aliphatic carbocycles. The summed E-state index contributed by atoms with van der Waals surface area (Å²) in [5.74, 6) is 1.38. The Morgan fingerprint density at radius 3 is 2.73 bits per heavy atom. The first kappa shape index (κ1) is 16.4. The number of aromatic nitrogens is 2. The Morgan fingerprint density at radius 2 is 2.00 bits per heavy atom. The van der Waals surface area contributed by atoms with Crippen molar-refractivity contribution in [2.45, 2.75) is 24.8 Å². The molecule has 2 aromatic rings. The fourth-order valence-electron chi connectivity index (χ4n) is 4.68. The van der Waals surface area contributed by atoms with Crippen LogP contribution in [0.25, 0.3) is 11.3 Å². The zero-order chi connectivity index (χ0) is 17.7. The minimum absolute atomic E-state index is 0.170. The summed E-state index contributed by atoms with van der Waals surface area (Å²) >= 11 is 6.12. The number of halogens is 1. The second-order valence-corrected chi connectivity index (χ2v) is 7.96. The van der Waals surface area contributed by atoms with Crippen LogP contribution in [0, 0.1) is 5.92 Å². The minimum Gasteiger partial charge on any atom is -0.335 e. The molecule has 1 aromatic carbocycles. The molecule has 7 heteroatoms. The number of rotatable bonds is 2. The van der Waals surface area contributed by atoms with Crippen molar-refractivity contribution in [1.29, 1.82) is 0 Å². The zero-order valence-electron chi connectivity index (χ0n) is 14.5. The van der Waals surface area contributed by atoms with Gasteiger partial charge in [0.05, 0.1) is 12.2 Å². The lowest BCUT2D eigenvalue weighted by molar-refractivity contribution is -0.137. The number of hydrogen-bond donors (Lipinski definition) is 1. The summed E-state index contributed by atoms with van der Waals surface area (Å²) in [4.78, 5) is 13.4. The van der Waals surface area contributed by atoms with Gasteiger partial charge < -0.3 is 14.5 Å². The van der Waals surface area contributed by atoms with Gasteiger partial charge >= 0.3 is 0 Å². The van der Waals surface area contributed by atoms with E-state index in [1.807, 2.05) is 30.3 Å². The average molecular weight is 372 g/mol. The number of nitrogens with two attached hydrogens (primary N) is 1. The predicted molar refractivity (Wildman–Crippen MR) is 101 cm³/mol. The van der Waals surface area contributed by atoms with Gasteiger partial charge in [0.25, 0.3) is 0 Å². The number of fused-ring (bicyclic) bond motifs is 2. The smallest absolute Gasteiger partial charge is 0.186 e. The number of hydrogen-bond acceptors (Lipinski definition) is 6. The van der Waals surface area contributed by atoms with Gasteiger partial charge in [0.15, 0.2) is 6.35 Å². The number of ether oxygens (including phenoxy) is 1. The molecule has 136 valence electrons. The normalized spacial score (nSPS) is 33.2. The van der Waals surface area contributed by atoms with Crippen LogP contribution in [0.15, 0.2) is 36.7 Å². The molecular formula is C19H22ClN5O. The highest BCUT2D eigenvalue weighted by atomic mass is 35.5. The Labute approximate surface area is 157 Å². The predicted octanol–water partition coefficient (Wildman–Crippen LogP) is 2.34. The van der Waals surface area contributed by atoms with Gasteiger partial charge in [-0.05, 0) is 44.0 Å². The average Bonchev–Trinajstić information content (AvgIpc) is 2.98. The molecule has 4 saturated heterocycles. The van der Waals surface area contributed by atoms with Crippen LogP contribution >= 0.6 is 11.6 Å². The van der Waals surface area contributed by atoms with E-state index in [0.717, 1.165) is 30.2 Å². The lowest BCUT2D eigenvalue weighted by atomic mass is 9.75. The molecule has 1 aromatic heterocycles. The van der Waals surface area contributed by atoms with Crippen LogP contribution in [0.3, 0.4) is 0 Å². The Balaban J connectivity index is 1.44. The molecule has 2 atom stereocenters. The van der Waals surface area contributed by atoms with E-state index in [0.29, 0.717) is 10.9 Å². The molecule has 2 N–H and O–H groups in total. The Morgan fingerprint density at radius 1 is 1.15 bits per heavy atom. The summed E-state index contributed by atoms with van der Waals surface area (Å²) in [5, 5.41) is 0.690.